The molecule has 0 saturated carbocycles. The van der Waals surface area contributed by atoms with E-state index in [4.69, 9.17) is 0 Å². The number of sulfonamides is 1. The molecule has 0 fully saturated rings. The van der Waals surface area contributed by atoms with Crippen molar-refractivity contribution < 1.29 is 13.2 Å². The fourth-order valence-corrected chi connectivity index (χ4v) is 3.46. The minimum Gasteiger partial charge on any atom is -0.358 e. The molecule has 1 amide bonds. The molecule has 0 bridgehead atoms. The minimum absolute atomic E-state index is 0.153. The standard InChI is InChI=1S/C16H18N2O3S/c1-13-7-6-8-14(11-13)18(12-16(19)17-2)22(20,21)15-9-4-3-5-10-15/h3-11H,12H2,1-2H3,(H,17,19). The summed E-state index contributed by atoms with van der Waals surface area (Å²) in [5.74, 6) is -0.374. The van der Waals surface area contributed by atoms with Crippen LogP contribution >= 0.6 is 0 Å². The lowest BCUT2D eigenvalue weighted by atomic mass is 10.2. The fourth-order valence-electron chi connectivity index (χ4n) is 2.03. The topological polar surface area (TPSA) is 66.5 Å². The van der Waals surface area contributed by atoms with Gasteiger partial charge in [-0.2, -0.15) is 0 Å². The molecule has 2 aromatic rings. The molecule has 2 rings (SSSR count). The maximum absolute atomic E-state index is 12.8. The number of likely N-dealkylation sites (N-methyl/N-ethyl adjacent to an activating group) is 1. The maximum Gasteiger partial charge on any atom is 0.264 e. The van der Waals surface area contributed by atoms with Crippen molar-refractivity contribution in [1.29, 1.82) is 0 Å². The number of benzene rings is 2. The number of rotatable bonds is 5. The molecule has 0 saturated heterocycles. The third kappa shape index (κ3) is 3.46. The predicted octanol–water partition coefficient (Wildman–Crippen LogP) is 1.94. The van der Waals surface area contributed by atoms with E-state index in [0.717, 1.165) is 9.87 Å². The van der Waals surface area contributed by atoms with Crippen molar-refractivity contribution in [2.75, 3.05) is 17.9 Å². The first-order valence-corrected chi connectivity index (χ1v) is 8.24. The zero-order valence-electron chi connectivity index (χ0n) is 12.5. The van der Waals surface area contributed by atoms with E-state index in [1.807, 2.05) is 13.0 Å². The van der Waals surface area contributed by atoms with Crippen LogP contribution in [0.15, 0.2) is 59.5 Å². The van der Waals surface area contributed by atoms with Gasteiger partial charge < -0.3 is 5.32 Å². The van der Waals surface area contributed by atoms with Crippen LogP contribution in [0.5, 0.6) is 0 Å². The Morgan fingerprint density at radius 1 is 1.09 bits per heavy atom. The van der Waals surface area contributed by atoms with Crippen molar-refractivity contribution in [3.63, 3.8) is 0 Å². The van der Waals surface area contributed by atoms with Gasteiger partial charge in [-0.3, -0.25) is 9.10 Å². The highest BCUT2D eigenvalue weighted by Crippen LogP contribution is 2.24. The summed E-state index contributed by atoms with van der Waals surface area (Å²) >= 11 is 0. The van der Waals surface area contributed by atoms with Crippen LogP contribution in [0.25, 0.3) is 0 Å². The van der Waals surface area contributed by atoms with E-state index < -0.39 is 10.0 Å². The monoisotopic (exact) mass is 318 g/mol. The van der Waals surface area contributed by atoms with E-state index in [9.17, 15) is 13.2 Å². The number of carbonyl (C=O) groups is 1. The molecule has 2 aromatic carbocycles. The third-order valence-electron chi connectivity index (χ3n) is 3.19. The lowest BCUT2D eigenvalue weighted by Crippen LogP contribution is -2.39. The molecule has 0 heterocycles. The largest absolute Gasteiger partial charge is 0.358 e. The normalized spacial score (nSPS) is 11.0. The molecule has 22 heavy (non-hydrogen) atoms. The molecular weight excluding hydrogens is 300 g/mol. The Morgan fingerprint density at radius 2 is 1.77 bits per heavy atom. The van der Waals surface area contributed by atoms with Crippen molar-refractivity contribution in [3.8, 4) is 0 Å². The Bertz CT molecular complexity index is 758. The summed E-state index contributed by atoms with van der Waals surface area (Å²) in [6.07, 6.45) is 0. The van der Waals surface area contributed by atoms with Crippen LogP contribution in [0.3, 0.4) is 0 Å². The Kier molecular flexibility index (Phi) is 4.82. The SMILES string of the molecule is CNC(=O)CN(c1cccc(C)c1)S(=O)(=O)c1ccccc1. The van der Waals surface area contributed by atoms with E-state index >= 15 is 0 Å². The molecule has 0 aliphatic heterocycles. The number of amides is 1. The Morgan fingerprint density at radius 3 is 2.36 bits per heavy atom. The molecule has 0 atom stereocenters. The molecule has 0 spiro atoms. The number of hydrogen-bond acceptors (Lipinski definition) is 3. The molecule has 1 N–H and O–H groups in total. The second kappa shape index (κ2) is 6.62. The van der Waals surface area contributed by atoms with Gasteiger partial charge in [0.2, 0.25) is 5.91 Å². The van der Waals surface area contributed by atoms with Crippen LogP contribution < -0.4 is 9.62 Å². The van der Waals surface area contributed by atoms with Crippen LogP contribution in [-0.2, 0) is 14.8 Å². The summed E-state index contributed by atoms with van der Waals surface area (Å²) in [5.41, 5.74) is 1.38. The van der Waals surface area contributed by atoms with Gasteiger partial charge in [0, 0.05) is 7.05 Å². The fraction of sp³-hybridized carbons (Fsp3) is 0.188. The summed E-state index contributed by atoms with van der Waals surface area (Å²) < 4.78 is 26.8. The van der Waals surface area contributed by atoms with E-state index in [1.165, 1.54) is 19.2 Å². The first kappa shape index (κ1) is 16.0. The van der Waals surface area contributed by atoms with Gasteiger partial charge in [0.25, 0.3) is 10.0 Å². The number of carbonyl (C=O) groups excluding carboxylic acids is 1. The Balaban J connectivity index is 2.51. The van der Waals surface area contributed by atoms with Crippen LogP contribution in [-0.4, -0.2) is 27.9 Å². The minimum atomic E-state index is -3.80. The summed E-state index contributed by atoms with van der Waals surface area (Å²) in [7, 11) is -2.33. The summed E-state index contributed by atoms with van der Waals surface area (Å²) in [6.45, 7) is 1.61. The second-order valence-corrected chi connectivity index (χ2v) is 6.70. The van der Waals surface area contributed by atoms with Crippen molar-refractivity contribution in [1.82, 2.24) is 5.32 Å². The van der Waals surface area contributed by atoms with Crippen molar-refractivity contribution in [2.45, 2.75) is 11.8 Å². The lowest BCUT2D eigenvalue weighted by molar-refractivity contribution is -0.119. The van der Waals surface area contributed by atoms with Crippen LogP contribution in [0.1, 0.15) is 5.56 Å². The quantitative estimate of drug-likeness (QED) is 0.916. The van der Waals surface area contributed by atoms with Gasteiger partial charge >= 0.3 is 0 Å². The van der Waals surface area contributed by atoms with Gasteiger partial charge in [0.05, 0.1) is 10.6 Å². The molecule has 0 aliphatic rings. The number of hydrogen-bond donors (Lipinski definition) is 1. The highest BCUT2D eigenvalue weighted by Gasteiger charge is 2.26. The number of aryl methyl sites for hydroxylation is 1. The van der Waals surface area contributed by atoms with Crippen molar-refractivity contribution in [2.24, 2.45) is 0 Å². The average molecular weight is 318 g/mol. The molecule has 116 valence electrons. The summed E-state index contributed by atoms with van der Waals surface area (Å²) in [5, 5.41) is 2.46. The highest BCUT2D eigenvalue weighted by molar-refractivity contribution is 7.92. The van der Waals surface area contributed by atoms with Crippen molar-refractivity contribution in [3.05, 3.63) is 60.2 Å². The highest BCUT2D eigenvalue weighted by atomic mass is 32.2. The van der Waals surface area contributed by atoms with Gasteiger partial charge in [-0.05, 0) is 36.8 Å². The molecule has 6 heteroatoms. The van der Waals surface area contributed by atoms with Crippen LogP contribution in [0.4, 0.5) is 5.69 Å². The van der Waals surface area contributed by atoms with Gasteiger partial charge in [0.15, 0.2) is 0 Å². The smallest absolute Gasteiger partial charge is 0.264 e. The molecule has 0 unspecified atom stereocenters. The maximum atomic E-state index is 12.8. The molecule has 5 nitrogen and oxygen atoms in total. The van der Waals surface area contributed by atoms with E-state index in [2.05, 4.69) is 5.32 Å². The van der Waals surface area contributed by atoms with Gasteiger partial charge in [-0.15, -0.1) is 0 Å². The molecule has 0 aromatic heterocycles. The third-order valence-corrected chi connectivity index (χ3v) is 4.97. The van der Waals surface area contributed by atoms with Gasteiger partial charge in [0.1, 0.15) is 6.54 Å². The Hall–Kier alpha value is -2.34. The number of anilines is 1. The molecule has 0 radical (unpaired) electrons. The molecular formula is C16H18N2O3S. The first-order chi connectivity index (χ1) is 10.4. The van der Waals surface area contributed by atoms with Crippen LogP contribution in [0.2, 0.25) is 0 Å². The zero-order chi connectivity index (χ0) is 16.2. The van der Waals surface area contributed by atoms with Crippen molar-refractivity contribution >= 4 is 21.6 Å². The van der Waals surface area contributed by atoms with Gasteiger partial charge in [-0.25, -0.2) is 8.42 Å². The first-order valence-electron chi connectivity index (χ1n) is 6.80. The average Bonchev–Trinajstić information content (AvgIpc) is 2.53. The van der Waals surface area contributed by atoms with E-state index in [0.29, 0.717) is 5.69 Å². The van der Waals surface area contributed by atoms with E-state index in [-0.39, 0.29) is 17.3 Å². The predicted molar refractivity (Wildman–Crippen MR) is 86.2 cm³/mol. The lowest BCUT2D eigenvalue weighted by Gasteiger charge is -2.24. The number of nitrogens with zero attached hydrogens (tertiary/aromatic N) is 1. The second-order valence-electron chi connectivity index (χ2n) is 4.84. The number of nitrogens with one attached hydrogen (secondary N) is 1. The molecule has 0 aliphatic carbocycles. The van der Waals surface area contributed by atoms with Gasteiger partial charge in [-0.1, -0.05) is 30.3 Å². The van der Waals surface area contributed by atoms with E-state index in [1.54, 1.807) is 36.4 Å². The van der Waals surface area contributed by atoms with Crippen LogP contribution in [0, 0.1) is 6.92 Å². The Labute approximate surface area is 130 Å². The zero-order valence-corrected chi connectivity index (χ0v) is 13.3. The summed E-state index contributed by atoms with van der Waals surface area (Å²) in [4.78, 5) is 11.9. The summed E-state index contributed by atoms with van der Waals surface area (Å²) in [6, 6.07) is 15.1.